The second-order valence-corrected chi connectivity index (χ2v) is 10.8. The number of ether oxygens (including phenoxy) is 1. The van der Waals surface area contributed by atoms with Crippen molar-refractivity contribution in [2.24, 2.45) is 5.41 Å². The van der Waals surface area contributed by atoms with Crippen LogP contribution in [0, 0.1) is 19.3 Å². The van der Waals surface area contributed by atoms with E-state index in [0.717, 1.165) is 35.3 Å². The largest absolute Gasteiger partial charge is 0.426 e. The fraction of sp³-hybridized carbons (Fsp3) is 0.464. The number of hydrogen-bond donors (Lipinski definition) is 0. The summed E-state index contributed by atoms with van der Waals surface area (Å²) in [5.74, 6) is 0.816. The van der Waals surface area contributed by atoms with Crippen molar-refractivity contribution in [2.75, 3.05) is 0 Å². The molecule has 2 bridgehead atoms. The molecule has 2 aromatic carbocycles. The molecule has 1 aromatic heterocycles. The van der Waals surface area contributed by atoms with Gasteiger partial charge >= 0.3 is 5.97 Å². The average molecular weight is 429 g/mol. The Morgan fingerprint density at radius 1 is 0.906 bits per heavy atom. The predicted molar refractivity (Wildman–Crippen MR) is 127 cm³/mol. The molecule has 0 saturated heterocycles. The molecule has 0 spiro atoms. The molecule has 32 heavy (non-hydrogen) atoms. The van der Waals surface area contributed by atoms with Crippen LogP contribution in [0.4, 0.5) is 0 Å². The van der Waals surface area contributed by atoms with Crippen LogP contribution in [-0.2, 0) is 15.6 Å². The molecule has 0 aliphatic heterocycles. The lowest BCUT2D eigenvalue weighted by atomic mass is 9.64. The monoisotopic (exact) mass is 428 g/mol. The smallest absolute Gasteiger partial charge is 0.324 e. The van der Waals surface area contributed by atoms with Gasteiger partial charge in [0.15, 0.2) is 0 Å². The van der Waals surface area contributed by atoms with Gasteiger partial charge < -0.3 is 4.74 Å². The van der Waals surface area contributed by atoms with Crippen LogP contribution in [0.2, 0.25) is 0 Å². The van der Waals surface area contributed by atoms with Gasteiger partial charge in [-0.1, -0.05) is 46.8 Å². The number of rotatable bonds is 3. The van der Waals surface area contributed by atoms with Gasteiger partial charge in [-0.15, -0.1) is 0 Å². The zero-order valence-electron chi connectivity index (χ0n) is 20.2. The second kappa shape index (κ2) is 6.63. The van der Waals surface area contributed by atoms with Crippen LogP contribution in [0.1, 0.15) is 81.5 Å². The van der Waals surface area contributed by atoms with Crippen molar-refractivity contribution < 1.29 is 9.53 Å². The van der Waals surface area contributed by atoms with Crippen LogP contribution in [0.3, 0.4) is 0 Å². The quantitative estimate of drug-likeness (QED) is 0.363. The Kier molecular flexibility index (Phi) is 4.37. The summed E-state index contributed by atoms with van der Waals surface area (Å²) in [6, 6.07) is 12.1. The third kappa shape index (κ3) is 2.52. The lowest BCUT2D eigenvalue weighted by Crippen LogP contribution is -2.48. The van der Waals surface area contributed by atoms with E-state index in [1.165, 1.54) is 16.7 Å². The summed E-state index contributed by atoms with van der Waals surface area (Å²) in [6.07, 6.45) is 1.64. The molecule has 3 aromatic rings. The molecule has 4 heteroatoms. The number of hydrogen-bond acceptors (Lipinski definition) is 4. The molecule has 2 aliphatic rings. The Labute approximate surface area is 190 Å². The van der Waals surface area contributed by atoms with E-state index < -0.39 is 5.41 Å². The Balaban J connectivity index is 1.64. The Hall–Kier alpha value is -2.75. The van der Waals surface area contributed by atoms with E-state index in [1.807, 2.05) is 24.3 Å². The van der Waals surface area contributed by atoms with E-state index in [2.05, 4.69) is 60.6 Å². The molecule has 1 saturated carbocycles. The third-order valence-corrected chi connectivity index (χ3v) is 8.76. The Morgan fingerprint density at radius 2 is 1.47 bits per heavy atom. The molecule has 5 rings (SSSR count). The standard InChI is InChI=1S/C28H32N2O2/c1-16(2)19-8-10-20(11-9-19)32-25(31)28-13-12-27(7,26(28,5)6)23-24(28)30-22-15-18(4)17(3)14-21(22)29-23/h8-11,14-16H,12-13H2,1-7H3. The van der Waals surface area contributed by atoms with E-state index in [4.69, 9.17) is 14.7 Å². The maximum atomic E-state index is 13.9. The molecule has 0 N–H and O–H groups in total. The summed E-state index contributed by atoms with van der Waals surface area (Å²) >= 11 is 0. The summed E-state index contributed by atoms with van der Waals surface area (Å²) in [7, 11) is 0. The first-order chi connectivity index (χ1) is 15.0. The number of carbonyl (C=O) groups excluding carboxylic acids is 1. The van der Waals surface area contributed by atoms with E-state index in [0.29, 0.717) is 11.7 Å². The summed E-state index contributed by atoms with van der Waals surface area (Å²) in [5.41, 5.74) is 5.80. The maximum Gasteiger partial charge on any atom is 0.324 e. The van der Waals surface area contributed by atoms with Crippen molar-refractivity contribution in [3.63, 3.8) is 0 Å². The number of benzene rings is 2. The minimum Gasteiger partial charge on any atom is -0.426 e. The van der Waals surface area contributed by atoms with Crippen molar-refractivity contribution in [3.8, 4) is 5.75 Å². The molecule has 0 amide bonds. The van der Waals surface area contributed by atoms with Gasteiger partial charge in [0.1, 0.15) is 11.2 Å². The summed E-state index contributed by atoms with van der Waals surface area (Å²) in [6.45, 7) is 15.1. The Morgan fingerprint density at radius 3 is 2.03 bits per heavy atom. The molecule has 1 heterocycles. The summed E-state index contributed by atoms with van der Waals surface area (Å²) < 4.78 is 6.04. The van der Waals surface area contributed by atoms with E-state index in [1.54, 1.807) is 0 Å². The minimum atomic E-state index is -0.798. The predicted octanol–water partition coefficient (Wildman–Crippen LogP) is 6.30. The van der Waals surface area contributed by atoms with Gasteiger partial charge in [0.2, 0.25) is 0 Å². The van der Waals surface area contributed by atoms with Crippen molar-refractivity contribution in [3.05, 3.63) is 64.5 Å². The molecule has 2 unspecified atom stereocenters. The first-order valence-electron chi connectivity index (χ1n) is 11.6. The van der Waals surface area contributed by atoms with Crippen molar-refractivity contribution in [1.29, 1.82) is 0 Å². The number of carbonyl (C=O) groups is 1. The van der Waals surface area contributed by atoms with Crippen LogP contribution < -0.4 is 4.74 Å². The lowest BCUT2D eigenvalue weighted by molar-refractivity contribution is -0.145. The fourth-order valence-electron chi connectivity index (χ4n) is 5.92. The average Bonchev–Trinajstić information content (AvgIpc) is 3.03. The summed E-state index contributed by atoms with van der Waals surface area (Å²) in [4.78, 5) is 24.1. The van der Waals surface area contributed by atoms with Crippen LogP contribution in [0.25, 0.3) is 11.0 Å². The number of esters is 1. The molecule has 166 valence electrons. The number of nitrogens with zero attached hydrogens (tertiary/aromatic N) is 2. The molecular weight excluding hydrogens is 396 g/mol. The van der Waals surface area contributed by atoms with Crippen molar-refractivity contribution in [1.82, 2.24) is 9.97 Å². The van der Waals surface area contributed by atoms with Crippen molar-refractivity contribution in [2.45, 2.75) is 78.1 Å². The second-order valence-electron chi connectivity index (χ2n) is 10.8. The van der Waals surface area contributed by atoms with E-state index in [-0.39, 0.29) is 16.8 Å². The molecule has 1 fully saturated rings. The molecule has 0 radical (unpaired) electrons. The molecule has 2 atom stereocenters. The van der Waals surface area contributed by atoms with Gasteiger partial charge in [0, 0.05) is 5.41 Å². The van der Waals surface area contributed by atoms with Gasteiger partial charge in [-0.3, -0.25) is 4.79 Å². The van der Waals surface area contributed by atoms with Gasteiger partial charge in [-0.05, 0) is 79.0 Å². The van der Waals surface area contributed by atoms with Crippen LogP contribution >= 0.6 is 0 Å². The van der Waals surface area contributed by atoms with E-state index in [9.17, 15) is 4.79 Å². The zero-order chi connectivity index (χ0) is 23.1. The highest BCUT2D eigenvalue weighted by Gasteiger charge is 2.74. The van der Waals surface area contributed by atoms with E-state index >= 15 is 0 Å². The van der Waals surface area contributed by atoms with Gasteiger partial charge in [-0.2, -0.15) is 0 Å². The first kappa shape index (κ1) is 21.1. The number of fused-ring (bicyclic) bond motifs is 6. The highest BCUT2D eigenvalue weighted by Crippen LogP contribution is 2.70. The number of aryl methyl sites for hydroxylation is 2. The Bertz CT molecular complexity index is 1260. The molecular formula is C28H32N2O2. The van der Waals surface area contributed by atoms with Crippen LogP contribution in [-0.4, -0.2) is 15.9 Å². The van der Waals surface area contributed by atoms with Crippen molar-refractivity contribution >= 4 is 17.0 Å². The van der Waals surface area contributed by atoms with Crippen LogP contribution in [0.5, 0.6) is 5.75 Å². The summed E-state index contributed by atoms with van der Waals surface area (Å²) in [5, 5.41) is 0. The number of aromatic nitrogens is 2. The van der Waals surface area contributed by atoms with Gasteiger partial charge in [-0.25, -0.2) is 9.97 Å². The van der Waals surface area contributed by atoms with Gasteiger partial charge in [0.25, 0.3) is 0 Å². The molecule has 2 aliphatic carbocycles. The highest BCUT2D eigenvalue weighted by atomic mass is 16.5. The first-order valence-corrected chi connectivity index (χ1v) is 11.6. The zero-order valence-corrected chi connectivity index (χ0v) is 20.2. The lowest BCUT2D eigenvalue weighted by Gasteiger charge is -2.38. The van der Waals surface area contributed by atoms with Gasteiger partial charge in [0.05, 0.1) is 22.4 Å². The topological polar surface area (TPSA) is 52.1 Å². The third-order valence-electron chi connectivity index (χ3n) is 8.76. The molecule has 4 nitrogen and oxygen atoms in total. The maximum absolute atomic E-state index is 13.9. The fourth-order valence-corrected chi connectivity index (χ4v) is 5.92. The SMILES string of the molecule is Cc1cc2nc3c(nc2cc1C)C1(C(=O)Oc2ccc(C(C)C)cc2)CCC3(C)C1(C)C. The normalized spacial score (nSPS) is 25.4. The highest BCUT2D eigenvalue weighted by molar-refractivity contribution is 5.90. The van der Waals surface area contributed by atoms with Crippen LogP contribution in [0.15, 0.2) is 36.4 Å². The minimum absolute atomic E-state index is 0.209.